The number of benzene rings is 1. The van der Waals surface area contributed by atoms with Crippen molar-refractivity contribution in [3.05, 3.63) is 58.3 Å². The Hall–Kier alpha value is -1.61. The molecule has 2 rings (SSSR count). The van der Waals surface area contributed by atoms with Crippen LogP contribution >= 0.6 is 11.6 Å². The second-order valence-corrected chi connectivity index (χ2v) is 4.93. The van der Waals surface area contributed by atoms with Crippen molar-refractivity contribution in [1.82, 2.24) is 0 Å². The summed E-state index contributed by atoms with van der Waals surface area (Å²) < 4.78 is 18.3. The molecule has 0 spiro atoms. The Balaban J connectivity index is 2.36. The van der Waals surface area contributed by atoms with E-state index in [0.29, 0.717) is 22.6 Å². The maximum atomic E-state index is 12.9. The smallest absolute Gasteiger partial charge is 0.188 e. The van der Waals surface area contributed by atoms with E-state index >= 15 is 0 Å². The first-order valence-corrected chi connectivity index (χ1v) is 6.35. The predicted octanol–water partition coefficient (Wildman–Crippen LogP) is 4.51. The minimum Gasteiger partial charge on any atom is -0.466 e. The summed E-state index contributed by atoms with van der Waals surface area (Å²) in [5.74, 6) is 0.697. The standard InChI is InChI=1S/C15H14ClFO2/c1-8-9(2)19-10(3)13(8)15(18)14(16)11-4-6-12(17)7-5-11/h4-7,14H,1-3H3. The van der Waals surface area contributed by atoms with Gasteiger partial charge in [-0.1, -0.05) is 12.1 Å². The van der Waals surface area contributed by atoms with Gasteiger partial charge >= 0.3 is 0 Å². The average Bonchev–Trinajstić information content (AvgIpc) is 2.62. The van der Waals surface area contributed by atoms with E-state index in [-0.39, 0.29) is 11.6 Å². The van der Waals surface area contributed by atoms with Crippen molar-refractivity contribution in [3.63, 3.8) is 0 Å². The molecule has 0 radical (unpaired) electrons. The summed E-state index contributed by atoms with van der Waals surface area (Å²) in [4.78, 5) is 12.4. The molecule has 2 aromatic rings. The van der Waals surface area contributed by atoms with Gasteiger partial charge in [-0.15, -0.1) is 11.6 Å². The summed E-state index contributed by atoms with van der Waals surface area (Å²) in [5, 5.41) is -0.838. The van der Waals surface area contributed by atoms with Gasteiger partial charge in [0.15, 0.2) is 5.78 Å². The van der Waals surface area contributed by atoms with E-state index in [1.165, 1.54) is 24.3 Å². The average molecular weight is 281 g/mol. The summed E-state index contributed by atoms with van der Waals surface area (Å²) >= 11 is 6.18. The molecule has 19 heavy (non-hydrogen) atoms. The summed E-state index contributed by atoms with van der Waals surface area (Å²) in [5.41, 5.74) is 1.89. The van der Waals surface area contributed by atoms with E-state index in [1.807, 2.05) is 6.92 Å². The molecule has 1 aromatic carbocycles. The van der Waals surface area contributed by atoms with Crippen LogP contribution in [-0.4, -0.2) is 5.78 Å². The van der Waals surface area contributed by atoms with Gasteiger partial charge in [-0.25, -0.2) is 4.39 Å². The van der Waals surface area contributed by atoms with Gasteiger partial charge in [0.25, 0.3) is 0 Å². The molecule has 0 saturated heterocycles. The third-order valence-electron chi connectivity index (χ3n) is 3.20. The maximum Gasteiger partial charge on any atom is 0.188 e. The van der Waals surface area contributed by atoms with Gasteiger partial charge in [-0.3, -0.25) is 4.79 Å². The molecule has 1 atom stereocenters. The number of hydrogen-bond donors (Lipinski definition) is 0. The van der Waals surface area contributed by atoms with E-state index in [0.717, 1.165) is 5.56 Å². The van der Waals surface area contributed by atoms with Crippen molar-refractivity contribution in [1.29, 1.82) is 0 Å². The molecule has 1 unspecified atom stereocenters. The summed E-state index contributed by atoms with van der Waals surface area (Å²) in [7, 11) is 0. The zero-order valence-corrected chi connectivity index (χ0v) is 11.7. The van der Waals surface area contributed by atoms with Gasteiger partial charge in [0.2, 0.25) is 0 Å². The molecule has 1 heterocycles. The van der Waals surface area contributed by atoms with Crippen LogP contribution in [0.3, 0.4) is 0 Å². The number of halogens is 2. The van der Waals surface area contributed by atoms with Crippen LogP contribution in [0.1, 0.15) is 38.4 Å². The second kappa shape index (κ2) is 5.17. The van der Waals surface area contributed by atoms with Gasteiger partial charge < -0.3 is 4.42 Å². The Labute approximate surface area is 116 Å². The highest BCUT2D eigenvalue weighted by molar-refractivity contribution is 6.34. The minimum absolute atomic E-state index is 0.222. The van der Waals surface area contributed by atoms with Crippen LogP contribution in [0.4, 0.5) is 4.39 Å². The number of hydrogen-bond acceptors (Lipinski definition) is 2. The van der Waals surface area contributed by atoms with Gasteiger partial charge in [0.1, 0.15) is 22.7 Å². The molecule has 1 aromatic heterocycles. The number of Topliss-reactive ketones (excluding diaryl/α,β-unsaturated/α-hetero) is 1. The molecular weight excluding hydrogens is 267 g/mol. The van der Waals surface area contributed by atoms with Crippen LogP contribution in [0.2, 0.25) is 0 Å². The molecule has 4 heteroatoms. The number of furan rings is 1. The van der Waals surface area contributed by atoms with Crippen LogP contribution in [0.25, 0.3) is 0 Å². The molecule has 0 aliphatic rings. The largest absolute Gasteiger partial charge is 0.466 e. The van der Waals surface area contributed by atoms with Crippen LogP contribution in [0, 0.1) is 26.6 Å². The summed E-state index contributed by atoms with van der Waals surface area (Å²) in [6, 6.07) is 5.61. The number of alkyl halides is 1. The highest BCUT2D eigenvalue weighted by atomic mass is 35.5. The van der Waals surface area contributed by atoms with Gasteiger partial charge in [-0.2, -0.15) is 0 Å². The Bertz CT molecular complexity index is 614. The van der Waals surface area contributed by atoms with Crippen molar-refractivity contribution in [3.8, 4) is 0 Å². The van der Waals surface area contributed by atoms with Gasteiger partial charge in [-0.05, 0) is 38.5 Å². The lowest BCUT2D eigenvalue weighted by atomic mass is 9.99. The normalized spacial score (nSPS) is 12.5. The van der Waals surface area contributed by atoms with Gasteiger partial charge in [0, 0.05) is 5.56 Å². The van der Waals surface area contributed by atoms with E-state index in [1.54, 1.807) is 13.8 Å². The molecule has 100 valence electrons. The quantitative estimate of drug-likeness (QED) is 0.612. The Kier molecular flexibility index (Phi) is 3.76. The zero-order chi connectivity index (χ0) is 14.2. The fraction of sp³-hybridized carbons (Fsp3) is 0.267. The van der Waals surface area contributed by atoms with E-state index in [9.17, 15) is 9.18 Å². The molecular formula is C15H14ClFO2. The lowest BCUT2D eigenvalue weighted by Crippen LogP contribution is -2.09. The molecule has 0 aliphatic carbocycles. The predicted molar refractivity (Wildman–Crippen MR) is 72.2 cm³/mol. The fourth-order valence-electron chi connectivity index (χ4n) is 2.07. The second-order valence-electron chi connectivity index (χ2n) is 4.49. The third kappa shape index (κ3) is 2.56. The topological polar surface area (TPSA) is 30.2 Å². The van der Waals surface area contributed by atoms with Gasteiger partial charge in [0.05, 0.1) is 5.56 Å². The lowest BCUT2D eigenvalue weighted by Gasteiger charge is -2.09. The van der Waals surface area contributed by atoms with E-state index in [4.69, 9.17) is 16.0 Å². The molecule has 0 saturated carbocycles. The zero-order valence-electron chi connectivity index (χ0n) is 11.0. The first-order valence-electron chi connectivity index (χ1n) is 5.92. The maximum absolute atomic E-state index is 12.9. The Morgan fingerprint density at radius 2 is 1.74 bits per heavy atom. The van der Waals surface area contributed by atoms with Crippen molar-refractivity contribution >= 4 is 17.4 Å². The van der Waals surface area contributed by atoms with Crippen molar-refractivity contribution < 1.29 is 13.6 Å². The monoisotopic (exact) mass is 280 g/mol. The van der Waals surface area contributed by atoms with Crippen LogP contribution < -0.4 is 0 Å². The Morgan fingerprint density at radius 1 is 1.16 bits per heavy atom. The Morgan fingerprint density at radius 3 is 2.21 bits per heavy atom. The van der Waals surface area contributed by atoms with E-state index in [2.05, 4.69) is 0 Å². The van der Waals surface area contributed by atoms with Crippen molar-refractivity contribution in [2.75, 3.05) is 0 Å². The minimum atomic E-state index is -0.838. The number of rotatable bonds is 3. The number of ketones is 1. The molecule has 0 amide bonds. The van der Waals surface area contributed by atoms with Crippen LogP contribution in [0.15, 0.2) is 28.7 Å². The van der Waals surface area contributed by atoms with Crippen molar-refractivity contribution in [2.24, 2.45) is 0 Å². The number of carbonyl (C=O) groups is 1. The first-order chi connectivity index (χ1) is 8.91. The van der Waals surface area contributed by atoms with Crippen molar-refractivity contribution in [2.45, 2.75) is 26.1 Å². The molecule has 0 N–H and O–H groups in total. The summed E-state index contributed by atoms with van der Waals surface area (Å²) in [6.07, 6.45) is 0. The molecule has 2 nitrogen and oxygen atoms in total. The lowest BCUT2D eigenvalue weighted by molar-refractivity contribution is 0.0985. The molecule has 0 bridgehead atoms. The highest BCUT2D eigenvalue weighted by Gasteiger charge is 2.25. The van der Waals surface area contributed by atoms with E-state index < -0.39 is 5.38 Å². The van der Waals surface area contributed by atoms with Crippen LogP contribution in [0.5, 0.6) is 0 Å². The highest BCUT2D eigenvalue weighted by Crippen LogP contribution is 2.30. The molecule has 0 aliphatic heterocycles. The number of aryl methyl sites for hydroxylation is 2. The molecule has 0 fully saturated rings. The van der Waals surface area contributed by atoms with Crippen LogP contribution in [-0.2, 0) is 0 Å². The SMILES string of the molecule is Cc1oc(C)c(C(=O)C(Cl)c2ccc(F)cc2)c1C. The number of carbonyl (C=O) groups excluding carboxylic acids is 1. The summed E-state index contributed by atoms with van der Waals surface area (Å²) in [6.45, 7) is 5.37. The third-order valence-corrected chi connectivity index (χ3v) is 3.65. The fourth-order valence-corrected chi connectivity index (χ4v) is 2.32. The first kappa shape index (κ1) is 13.8.